The maximum Gasteiger partial charge on any atom is 0.227 e. The summed E-state index contributed by atoms with van der Waals surface area (Å²) in [6.45, 7) is 3.81. The highest BCUT2D eigenvalue weighted by molar-refractivity contribution is 7.22. The number of rotatable bonds is 5. The molecule has 2 heterocycles. The molecule has 4 rings (SSSR count). The molecule has 3 aromatic rings. The summed E-state index contributed by atoms with van der Waals surface area (Å²) in [7, 11) is 1.68. The maximum atomic E-state index is 12.7. The van der Waals surface area contributed by atoms with Crippen molar-refractivity contribution in [3.63, 3.8) is 0 Å². The number of amides is 1. The minimum Gasteiger partial charge on any atom is -0.497 e. The number of aryl methyl sites for hydroxylation is 1. The van der Waals surface area contributed by atoms with Crippen LogP contribution in [0, 0.1) is 5.92 Å². The fraction of sp³-hybridized carbons (Fsp3) is 0.364. The topological polar surface area (TPSA) is 54.5 Å². The highest BCUT2D eigenvalue weighted by Crippen LogP contribution is 2.33. The number of hydrogen-bond donors (Lipinski definition) is 1. The van der Waals surface area contributed by atoms with Gasteiger partial charge in [0.05, 0.1) is 17.3 Å². The summed E-state index contributed by atoms with van der Waals surface area (Å²) in [5.74, 6) is 1.04. The van der Waals surface area contributed by atoms with E-state index in [1.807, 2.05) is 36.4 Å². The van der Waals surface area contributed by atoms with E-state index in [-0.39, 0.29) is 11.8 Å². The Balaban J connectivity index is 1.39. The van der Waals surface area contributed by atoms with Gasteiger partial charge in [-0.05, 0) is 49.1 Å². The molecule has 5 nitrogen and oxygen atoms in total. The van der Waals surface area contributed by atoms with Crippen molar-refractivity contribution in [3.05, 3.63) is 48.0 Å². The van der Waals surface area contributed by atoms with Crippen LogP contribution >= 0.6 is 11.3 Å². The van der Waals surface area contributed by atoms with Gasteiger partial charge in [0.2, 0.25) is 5.91 Å². The van der Waals surface area contributed by atoms with Crippen LogP contribution in [0.2, 0.25) is 0 Å². The smallest absolute Gasteiger partial charge is 0.227 e. The summed E-state index contributed by atoms with van der Waals surface area (Å²) < 4.78 is 6.43. The molecule has 1 aliphatic rings. The number of aromatic nitrogens is 1. The summed E-state index contributed by atoms with van der Waals surface area (Å²) in [5.41, 5.74) is 3.12. The largest absolute Gasteiger partial charge is 0.497 e. The van der Waals surface area contributed by atoms with Crippen LogP contribution in [-0.4, -0.2) is 31.1 Å². The first kappa shape index (κ1) is 18.7. The van der Waals surface area contributed by atoms with Crippen molar-refractivity contribution < 1.29 is 9.53 Å². The highest BCUT2D eigenvalue weighted by atomic mass is 32.1. The molecule has 0 aliphatic carbocycles. The number of nitrogens with one attached hydrogen (secondary N) is 1. The maximum absolute atomic E-state index is 12.7. The number of benzene rings is 2. The van der Waals surface area contributed by atoms with Crippen LogP contribution in [-0.2, 0) is 11.2 Å². The van der Waals surface area contributed by atoms with E-state index < -0.39 is 0 Å². The second-order valence-electron chi connectivity index (χ2n) is 7.09. The van der Waals surface area contributed by atoms with Crippen molar-refractivity contribution in [2.45, 2.75) is 26.2 Å². The summed E-state index contributed by atoms with van der Waals surface area (Å²) in [6.07, 6.45) is 2.61. The van der Waals surface area contributed by atoms with E-state index in [0.717, 1.165) is 59.1 Å². The normalized spacial score (nSPS) is 15.0. The molecule has 0 spiro atoms. The lowest BCUT2D eigenvalue weighted by Gasteiger charge is -2.31. The molecular formula is C22H25N3O2S. The second kappa shape index (κ2) is 8.19. The molecule has 28 heavy (non-hydrogen) atoms. The van der Waals surface area contributed by atoms with E-state index in [0.29, 0.717) is 0 Å². The van der Waals surface area contributed by atoms with Gasteiger partial charge >= 0.3 is 0 Å². The number of piperidine rings is 1. The Bertz CT molecular complexity index is 977. The number of fused-ring (bicyclic) bond motifs is 1. The molecule has 146 valence electrons. The van der Waals surface area contributed by atoms with Gasteiger partial charge in [0, 0.05) is 24.7 Å². The lowest BCUT2D eigenvalue weighted by molar-refractivity contribution is -0.120. The van der Waals surface area contributed by atoms with Crippen molar-refractivity contribution >= 4 is 38.3 Å². The number of ether oxygens (including phenoxy) is 1. The predicted molar refractivity (Wildman–Crippen MR) is 116 cm³/mol. The van der Waals surface area contributed by atoms with Gasteiger partial charge in [0.25, 0.3) is 0 Å². The number of para-hydroxylation sites is 1. The van der Waals surface area contributed by atoms with Crippen LogP contribution in [0.5, 0.6) is 5.75 Å². The zero-order chi connectivity index (χ0) is 19.5. The van der Waals surface area contributed by atoms with Gasteiger partial charge in [-0.25, -0.2) is 4.98 Å². The van der Waals surface area contributed by atoms with Crippen LogP contribution in [0.4, 0.5) is 10.8 Å². The average Bonchev–Trinajstić information content (AvgIpc) is 3.17. The molecule has 0 bridgehead atoms. The standard InChI is InChI=1S/C22H25N3O2S/c1-3-15-6-4-5-7-18(15)23-21(26)16-10-12-25(13-11-16)22-24-19-9-8-17(27-2)14-20(19)28-22/h4-9,14,16H,3,10-13H2,1-2H3,(H,23,26). The summed E-state index contributed by atoms with van der Waals surface area (Å²) in [4.78, 5) is 19.8. The molecule has 1 aliphatic heterocycles. The molecule has 0 saturated carbocycles. The first-order chi connectivity index (χ1) is 13.7. The first-order valence-electron chi connectivity index (χ1n) is 9.76. The number of carbonyl (C=O) groups is 1. The summed E-state index contributed by atoms with van der Waals surface area (Å²) in [6, 6.07) is 14.0. The Morgan fingerprint density at radius 1 is 1.25 bits per heavy atom. The Labute approximate surface area is 169 Å². The third kappa shape index (κ3) is 3.83. The number of methoxy groups -OCH3 is 1. The third-order valence-electron chi connectivity index (χ3n) is 5.38. The third-order valence-corrected chi connectivity index (χ3v) is 6.46. The lowest BCUT2D eigenvalue weighted by atomic mass is 9.96. The first-order valence-corrected chi connectivity index (χ1v) is 10.6. The molecule has 1 amide bonds. The number of hydrogen-bond acceptors (Lipinski definition) is 5. The number of anilines is 2. The SMILES string of the molecule is CCc1ccccc1NC(=O)C1CCN(c2nc3ccc(OC)cc3s2)CC1. The van der Waals surface area contributed by atoms with Gasteiger partial charge in [-0.1, -0.05) is 36.5 Å². The Kier molecular flexibility index (Phi) is 5.48. The molecule has 0 radical (unpaired) electrons. The van der Waals surface area contributed by atoms with Gasteiger partial charge in [0.15, 0.2) is 5.13 Å². The van der Waals surface area contributed by atoms with Crippen LogP contribution < -0.4 is 15.0 Å². The Morgan fingerprint density at radius 3 is 2.79 bits per heavy atom. The molecule has 1 aromatic heterocycles. The van der Waals surface area contributed by atoms with Crippen LogP contribution in [0.3, 0.4) is 0 Å². The average molecular weight is 396 g/mol. The van der Waals surface area contributed by atoms with Crippen LogP contribution in [0.15, 0.2) is 42.5 Å². The summed E-state index contributed by atoms with van der Waals surface area (Å²) >= 11 is 1.68. The van der Waals surface area contributed by atoms with Crippen LogP contribution in [0.25, 0.3) is 10.2 Å². The fourth-order valence-corrected chi connectivity index (χ4v) is 4.72. The van der Waals surface area contributed by atoms with E-state index in [2.05, 4.69) is 23.2 Å². The van der Waals surface area contributed by atoms with E-state index in [9.17, 15) is 4.79 Å². The highest BCUT2D eigenvalue weighted by Gasteiger charge is 2.26. The van der Waals surface area contributed by atoms with E-state index in [4.69, 9.17) is 9.72 Å². The Morgan fingerprint density at radius 2 is 2.04 bits per heavy atom. The lowest BCUT2D eigenvalue weighted by Crippen LogP contribution is -2.38. The minimum absolute atomic E-state index is 0.0515. The quantitative estimate of drug-likeness (QED) is 0.679. The summed E-state index contributed by atoms with van der Waals surface area (Å²) in [5, 5.41) is 4.16. The molecule has 6 heteroatoms. The Hall–Kier alpha value is -2.60. The van der Waals surface area contributed by atoms with Crippen molar-refractivity contribution in [1.29, 1.82) is 0 Å². The predicted octanol–water partition coefficient (Wildman–Crippen LogP) is 4.72. The van der Waals surface area contributed by atoms with Crippen molar-refractivity contribution in [2.24, 2.45) is 5.92 Å². The van der Waals surface area contributed by atoms with Gasteiger partial charge < -0.3 is 15.0 Å². The molecule has 0 unspecified atom stereocenters. The van der Waals surface area contributed by atoms with Gasteiger partial charge in [-0.3, -0.25) is 4.79 Å². The van der Waals surface area contributed by atoms with E-state index in [1.165, 1.54) is 5.56 Å². The monoisotopic (exact) mass is 395 g/mol. The molecule has 1 N–H and O–H groups in total. The van der Waals surface area contributed by atoms with Gasteiger partial charge in [-0.2, -0.15) is 0 Å². The number of carbonyl (C=O) groups excluding carboxylic acids is 1. The molecule has 0 atom stereocenters. The second-order valence-corrected chi connectivity index (χ2v) is 8.10. The van der Waals surface area contributed by atoms with E-state index in [1.54, 1.807) is 18.4 Å². The zero-order valence-electron chi connectivity index (χ0n) is 16.3. The van der Waals surface area contributed by atoms with E-state index >= 15 is 0 Å². The zero-order valence-corrected chi connectivity index (χ0v) is 17.1. The number of thiazole rings is 1. The number of nitrogens with zero attached hydrogens (tertiary/aromatic N) is 2. The van der Waals surface area contributed by atoms with Crippen molar-refractivity contribution in [3.8, 4) is 5.75 Å². The minimum atomic E-state index is 0.0515. The molecular weight excluding hydrogens is 370 g/mol. The fourth-order valence-electron chi connectivity index (χ4n) is 3.67. The van der Waals surface area contributed by atoms with Crippen LogP contribution in [0.1, 0.15) is 25.3 Å². The van der Waals surface area contributed by atoms with Gasteiger partial charge in [-0.15, -0.1) is 0 Å². The molecule has 1 saturated heterocycles. The molecule has 2 aromatic carbocycles. The van der Waals surface area contributed by atoms with Gasteiger partial charge in [0.1, 0.15) is 5.75 Å². The van der Waals surface area contributed by atoms with Crippen molar-refractivity contribution in [2.75, 3.05) is 30.4 Å². The molecule has 1 fully saturated rings. The van der Waals surface area contributed by atoms with Crippen molar-refractivity contribution in [1.82, 2.24) is 4.98 Å².